The molecule has 0 saturated carbocycles. The van der Waals surface area contributed by atoms with Gasteiger partial charge in [0.1, 0.15) is 11.4 Å². The predicted molar refractivity (Wildman–Crippen MR) is 68.7 cm³/mol. The molecule has 2 N–H and O–H groups in total. The Morgan fingerprint density at radius 1 is 1.50 bits per heavy atom. The number of nitrogens with one attached hydrogen (secondary N) is 2. The summed E-state index contributed by atoms with van der Waals surface area (Å²) in [5, 5.41) is 5.50. The zero-order chi connectivity index (χ0) is 13.0. The lowest BCUT2D eigenvalue weighted by atomic mass is 10.2. The number of hydrogen-bond donors (Lipinski definition) is 2. The molecule has 0 atom stereocenters. The minimum absolute atomic E-state index is 0.0141. The second-order valence-electron chi connectivity index (χ2n) is 4.17. The molecule has 2 amide bonds. The largest absolute Gasteiger partial charge is 0.481 e. The van der Waals surface area contributed by atoms with Crippen LogP contribution >= 0.6 is 0 Å². The maximum atomic E-state index is 11.7. The molecule has 0 spiro atoms. The number of carbonyl (C=O) groups excluding carboxylic acids is 2. The Morgan fingerprint density at radius 2 is 2.33 bits per heavy atom. The van der Waals surface area contributed by atoms with E-state index in [0.717, 1.165) is 12.8 Å². The Kier molecular flexibility index (Phi) is 3.82. The Morgan fingerprint density at radius 3 is 3.11 bits per heavy atom. The summed E-state index contributed by atoms with van der Waals surface area (Å²) in [6, 6.07) is 5.29. The van der Waals surface area contributed by atoms with Gasteiger partial charge >= 0.3 is 0 Å². The molecule has 0 fully saturated rings. The monoisotopic (exact) mass is 248 g/mol. The number of benzene rings is 1. The van der Waals surface area contributed by atoms with Crippen LogP contribution in [0.1, 0.15) is 26.2 Å². The van der Waals surface area contributed by atoms with Crippen molar-refractivity contribution in [2.75, 3.05) is 17.2 Å². The van der Waals surface area contributed by atoms with Crippen LogP contribution in [0.4, 0.5) is 11.4 Å². The van der Waals surface area contributed by atoms with Crippen molar-refractivity contribution in [3.05, 3.63) is 18.2 Å². The van der Waals surface area contributed by atoms with Crippen LogP contribution < -0.4 is 15.4 Å². The summed E-state index contributed by atoms with van der Waals surface area (Å²) in [6.45, 7) is 2.05. The van der Waals surface area contributed by atoms with Gasteiger partial charge in [-0.2, -0.15) is 0 Å². The highest BCUT2D eigenvalue weighted by atomic mass is 16.5. The Hall–Kier alpha value is -2.04. The van der Waals surface area contributed by atoms with E-state index in [4.69, 9.17) is 4.74 Å². The number of carbonyl (C=O) groups is 2. The van der Waals surface area contributed by atoms with Crippen LogP contribution in [-0.4, -0.2) is 18.4 Å². The fourth-order valence-electron chi connectivity index (χ4n) is 1.75. The smallest absolute Gasteiger partial charge is 0.262 e. The van der Waals surface area contributed by atoms with E-state index in [1.54, 1.807) is 18.2 Å². The fraction of sp³-hybridized carbons (Fsp3) is 0.385. The molecule has 96 valence electrons. The van der Waals surface area contributed by atoms with Crippen molar-refractivity contribution in [1.82, 2.24) is 0 Å². The molecule has 1 aromatic rings. The van der Waals surface area contributed by atoms with Crippen LogP contribution in [0, 0.1) is 0 Å². The van der Waals surface area contributed by atoms with Crippen molar-refractivity contribution in [3.63, 3.8) is 0 Å². The lowest BCUT2D eigenvalue weighted by Gasteiger charge is -2.20. The Labute approximate surface area is 106 Å². The average Bonchev–Trinajstić information content (AvgIpc) is 2.37. The van der Waals surface area contributed by atoms with Crippen LogP contribution in [0.3, 0.4) is 0 Å². The molecule has 0 bridgehead atoms. The predicted octanol–water partition coefficient (Wildman–Crippen LogP) is 2.15. The normalized spacial score (nSPS) is 13.3. The first kappa shape index (κ1) is 12.4. The van der Waals surface area contributed by atoms with Crippen molar-refractivity contribution >= 4 is 23.2 Å². The number of anilines is 2. The zero-order valence-corrected chi connectivity index (χ0v) is 10.3. The van der Waals surface area contributed by atoms with E-state index in [1.807, 2.05) is 6.92 Å². The summed E-state index contributed by atoms with van der Waals surface area (Å²) in [5.41, 5.74) is 1.13. The van der Waals surface area contributed by atoms with Crippen molar-refractivity contribution in [2.45, 2.75) is 26.2 Å². The molecule has 0 unspecified atom stereocenters. The second-order valence-corrected chi connectivity index (χ2v) is 4.17. The van der Waals surface area contributed by atoms with Gasteiger partial charge in [-0.1, -0.05) is 19.4 Å². The number of amides is 2. The second kappa shape index (κ2) is 5.53. The zero-order valence-electron chi connectivity index (χ0n) is 10.3. The summed E-state index contributed by atoms with van der Waals surface area (Å²) in [6.07, 6.45) is 2.30. The van der Waals surface area contributed by atoms with Gasteiger partial charge in [0, 0.05) is 6.42 Å². The first-order chi connectivity index (χ1) is 8.70. The van der Waals surface area contributed by atoms with Gasteiger partial charge in [0.2, 0.25) is 5.91 Å². The van der Waals surface area contributed by atoms with Gasteiger partial charge in [-0.05, 0) is 18.6 Å². The highest BCUT2D eigenvalue weighted by Crippen LogP contribution is 2.34. The molecule has 0 aromatic heterocycles. The van der Waals surface area contributed by atoms with Crippen LogP contribution in [0.15, 0.2) is 18.2 Å². The molecule has 0 saturated heterocycles. The van der Waals surface area contributed by atoms with Gasteiger partial charge in [-0.25, -0.2) is 0 Å². The van der Waals surface area contributed by atoms with Gasteiger partial charge in [0.05, 0.1) is 5.69 Å². The van der Waals surface area contributed by atoms with Crippen LogP contribution in [0.5, 0.6) is 5.75 Å². The van der Waals surface area contributed by atoms with Crippen LogP contribution in [0.2, 0.25) is 0 Å². The lowest BCUT2D eigenvalue weighted by Crippen LogP contribution is -2.26. The van der Waals surface area contributed by atoms with Crippen molar-refractivity contribution in [2.24, 2.45) is 0 Å². The molecular formula is C13H16N2O3. The van der Waals surface area contributed by atoms with Crippen molar-refractivity contribution in [3.8, 4) is 5.75 Å². The Balaban J connectivity index is 2.13. The SMILES string of the molecule is CCCCC(=O)Nc1cccc2c1NC(=O)CO2. The first-order valence-corrected chi connectivity index (χ1v) is 6.06. The minimum atomic E-state index is -0.210. The molecule has 18 heavy (non-hydrogen) atoms. The molecule has 1 aliphatic heterocycles. The third-order valence-corrected chi connectivity index (χ3v) is 2.68. The van der Waals surface area contributed by atoms with E-state index in [0.29, 0.717) is 23.5 Å². The van der Waals surface area contributed by atoms with Gasteiger partial charge in [0.25, 0.3) is 5.91 Å². The van der Waals surface area contributed by atoms with E-state index >= 15 is 0 Å². The van der Waals surface area contributed by atoms with Crippen LogP contribution in [-0.2, 0) is 9.59 Å². The summed E-state index contributed by atoms with van der Waals surface area (Å²) >= 11 is 0. The topological polar surface area (TPSA) is 67.4 Å². The maximum absolute atomic E-state index is 11.7. The standard InChI is InChI=1S/C13H16N2O3/c1-2-3-7-11(16)14-9-5-4-6-10-13(9)15-12(17)8-18-10/h4-6H,2-3,7-8H2,1H3,(H,14,16)(H,15,17). The number of fused-ring (bicyclic) bond motifs is 1. The molecule has 1 aliphatic rings. The number of hydrogen-bond acceptors (Lipinski definition) is 3. The third-order valence-electron chi connectivity index (χ3n) is 2.68. The van der Waals surface area contributed by atoms with Gasteiger partial charge in [-0.15, -0.1) is 0 Å². The molecule has 0 aliphatic carbocycles. The quantitative estimate of drug-likeness (QED) is 0.857. The summed E-state index contributed by atoms with van der Waals surface area (Å²) in [5.74, 6) is 0.325. The molecule has 5 nitrogen and oxygen atoms in total. The minimum Gasteiger partial charge on any atom is -0.481 e. The molecule has 5 heteroatoms. The summed E-state index contributed by atoms with van der Waals surface area (Å²) < 4.78 is 5.28. The number of ether oxygens (including phenoxy) is 1. The number of rotatable bonds is 4. The number of para-hydroxylation sites is 1. The number of unbranched alkanes of at least 4 members (excludes halogenated alkanes) is 1. The molecule has 1 aromatic carbocycles. The van der Waals surface area contributed by atoms with E-state index in [1.165, 1.54) is 0 Å². The summed E-state index contributed by atoms with van der Waals surface area (Å²) in [4.78, 5) is 23.0. The molecular weight excluding hydrogens is 232 g/mol. The average molecular weight is 248 g/mol. The molecule has 1 heterocycles. The van der Waals surface area contributed by atoms with E-state index in [9.17, 15) is 9.59 Å². The Bertz CT molecular complexity index is 471. The highest BCUT2D eigenvalue weighted by Gasteiger charge is 2.19. The highest BCUT2D eigenvalue weighted by molar-refractivity contribution is 6.03. The van der Waals surface area contributed by atoms with Crippen molar-refractivity contribution in [1.29, 1.82) is 0 Å². The summed E-state index contributed by atoms with van der Waals surface area (Å²) in [7, 11) is 0. The van der Waals surface area contributed by atoms with E-state index in [-0.39, 0.29) is 18.4 Å². The fourth-order valence-corrected chi connectivity index (χ4v) is 1.75. The first-order valence-electron chi connectivity index (χ1n) is 6.06. The van der Waals surface area contributed by atoms with Gasteiger partial charge in [0.15, 0.2) is 6.61 Å². The lowest BCUT2D eigenvalue weighted by molar-refractivity contribution is -0.119. The van der Waals surface area contributed by atoms with Gasteiger partial charge in [-0.3, -0.25) is 9.59 Å². The molecule has 2 rings (SSSR count). The van der Waals surface area contributed by atoms with E-state index < -0.39 is 0 Å². The maximum Gasteiger partial charge on any atom is 0.262 e. The van der Waals surface area contributed by atoms with E-state index in [2.05, 4.69) is 10.6 Å². The van der Waals surface area contributed by atoms with Crippen molar-refractivity contribution < 1.29 is 14.3 Å². The van der Waals surface area contributed by atoms with Crippen LogP contribution in [0.25, 0.3) is 0 Å². The third kappa shape index (κ3) is 2.80. The molecule has 0 radical (unpaired) electrons. The van der Waals surface area contributed by atoms with Gasteiger partial charge < -0.3 is 15.4 Å².